The summed E-state index contributed by atoms with van der Waals surface area (Å²) >= 11 is 12.6. The van der Waals surface area contributed by atoms with Gasteiger partial charge in [0.05, 0.1) is 4.34 Å². The van der Waals surface area contributed by atoms with Crippen molar-refractivity contribution in [1.82, 2.24) is 4.31 Å². The van der Waals surface area contributed by atoms with E-state index in [-0.39, 0.29) is 26.0 Å². The van der Waals surface area contributed by atoms with Gasteiger partial charge in [-0.3, -0.25) is 4.79 Å². The van der Waals surface area contributed by atoms with Crippen LogP contribution in [0, 0.1) is 5.92 Å². The predicted molar refractivity (Wildman–Crippen MR) is 78.1 cm³/mol. The maximum Gasteiger partial charge on any atom is 0.322 e. The van der Waals surface area contributed by atoms with Gasteiger partial charge in [0.2, 0.25) is 10.0 Å². The number of carboxylic acids is 1. The van der Waals surface area contributed by atoms with Gasteiger partial charge in [-0.05, 0) is 24.8 Å². The lowest BCUT2D eigenvalue weighted by molar-refractivity contribution is -0.142. The average molecular weight is 358 g/mol. The summed E-state index contributed by atoms with van der Waals surface area (Å²) in [6.07, 6.45) is 0.919. The fourth-order valence-corrected chi connectivity index (χ4v) is 5.98. The van der Waals surface area contributed by atoms with E-state index < -0.39 is 22.0 Å². The Morgan fingerprint density at radius 3 is 2.65 bits per heavy atom. The second kappa shape index (κ2) is 5.81. The average Bonchev–Trinajstić information content (AvgIpc) is 2.68. The van der Waals surface area contributed by atoms with Crippen molar-refractivity contribution in [2.75, 3.05) is 6.54 Å². The van der Waals surface area contributed by atoms with Gasteiger partial charge in [0, 0.05) is 6.54 Å². The highest BCUT2D eigenvalue weighted by Crippen LogP contribution is 2.38. The summed E-state index contributed by atoms with van der Waals surface area (Å²) in [6, 6.07) is 0.208. The zero-order valence-corrected chi connectivity index (χ0v) is 13.7. The molecule has 2 atom stereocenters. The van der Waals surface area contributed by atoms with Gasteiger partial charge in [-0.15, -0.1) is 11.3 Å². The number of sulfonamides is 1. The number of carbonyl (C=O) groups is 1. The van der Waals surface area contributed by atoms with Gasteiger partial charge >= 0.3 is 5.97 Å². The largest absolute Gasteiger partial charge is 0.480 e. The molecule has 2 unspecified atom stereocenters. The van der Waals surface area contributed by atoms with Gasteiger partial charge in [0.1, 0.15) is 15.3 Å². The normalized spacial score (nSPS) is 24.8. The lowest BCUT2D eigenvalue weighted by atomic mass is 9.94. The van der Waals surface area contributed by atoms with Crippen molar-refractivity contribution < 1.29 is 18.3 Å². The summed E-state index contributed by atoms with van der Waals surface area (Å²) in [4.78, 5) is 11.2. The van der Waals surface area contributed by atoms with Crippen LogP contribution in [0.2, 0.25) is 8.67 Å². The molecule has 1 aliphatic heterocycles. The van der Waals surface area contributed by atoms with Crippen molar-refractivity contribution in [3.63, 3.8) is 0 Å². The highest BCUT2D eigenvalue weighted by atomic mass is 35.5. The topological polar surface area (TPSA) is 74.7 Å². The fourth-order valence-electron chi connectivity index (χ4n) is 2.26. The van der Waals surface area contributed by atoms with E-state index in [1.54, 1.807) is 0 Å². The maximum atomic E-state index is 12.6. The molecule has 5 nitrogen and oxygen atoms in total. The van der Waals surface area contributed by atoms with Crippen molar-refractivity contribution >= 4 is 50.5 Å². The minimum atomic E-state index is -3.94. The Morgan fingerprint density at radius 1 is 1.50 bits per heavy atom. The summed E-state index contributed by atoms with van der Waals surface area (Å²) in [5.41, 5.74) is 0. The molecule has 0 spiro atoms. The number of hydrogen-bond donors (Lipinski definition) is 1. The molecule has 0 saturated carbocycles. The van der Waals surface area contributed by atoms with Crippen molar-refractivity contribution in [3.05, 3.63) is 14.7 Å². The zero-order valence-electron chi connectivity index (χ0n) is 10.5. The first kappa shape index (κ1) is 16.0. The Kier molecular flexibility index (Phi) is 4.66. The van der Waals surface area contributed by atoms with Crippen molar-refractivity contribution in [1.29, 1.82) is 0 Å². The molecule has 0 amide bonds. The standard InChI is InChI=1S/C11H13Cl2NO4S2/c1-6-2-3-14(7(4-6)11(15)16)20(17,18)8-5-9(12)19-10(8)13/h5-7H,2-4H2,1H3,(H,15,16). The Labute approximate surface area is 131 Å². The van der Waals surface area contributed by atoms with E-state index in [1.165, 1.54) is 6.07 Å². The third kappa shape index (κ3) is 2.96. The third-order valence-electron chi connectivity index (χ3n) is 3.31. The third-order valence-corrected chi connectivity index (χ3v) is 6.97. The minimum Gasteiger partial charge on any atom is -0.480 e. The van der Waals surface area contributed by atoms with Crippen molar-refractivity contribution in [3.8, 4) is 0 Å². The van der Waals surface area contributed by atoms with Gasteiger partial charge in [0.25, 0.3) is 0 Å². The van der Waals surface area contributed by atoms with Crippen LogP contribution in [0.5, 0.6) is 0 Å². The summed E-state index contributed by atoms with van der Waals surface area (Å²) in [7, 11) is -3.94. The van der Waals surface area contributed by atoms with E-state index in [2.05, 4.69) is 0 Å². The van der Waals surface area contributed by atoms with Gasteiger partial charge < -0.3 is 5.11 Å². The molecule has 9 heteroatoms. The van der Waals surface area contributed by atoms with Crippen LogP contribution in [0.3, 0.4) is 0 Å². The molecular formula is C11H13Cl2NO4S2. The van der Waals surface area contributed by atoms with E-state index >= 15 is 0 Å². The van der Waals surface area contributed by atoms with E-state index in [4.69, 9.17) is 23.2 Å². The monoisotopic (exact) mass is 357 g/mol. The first-order chi connectivity index (χ1) is 9.23. The van der Waals surface area contributed by atoms with Gasteiger partial charge in [0.15, 0.2) is 0 Å². The first-order valence-corrected chi connectivity index (χ1v) is 8.94. The zero-order chi connectivity index (χ0) is 15.1. The van der Waals surface area contributed by atoms with Crippen LogP contribution < -0.4 is 0 Å². The summed E-state index contributed by atoms with van der Waals surface area (Å²) in [5, 5.41) is 9.25. The van der Waals surface area contributed by atoms with Crippen LogP contribution in [0.15, 0.2) is 11.0 Å². The molecule has 20 heavy (non-hydrogen) atoms. The molecule has 1 aliphatic rings. The van der Waals surface area contributed by atoms with E-state index in [1.807, 2.05) is 6.92 Å². The Morgan fingerprint density at radius 2 is 2.15 bits per heavy atom. The number of nitrogens with zero attached hydrogens (tertiary/aromatic N) is 1. The summed E-state index contributed by atoms with van der Waals surface area (Å²) < 4.78 is 26.5. The molecule has 0 aromatic carbocycles. The highest BCUT2D eigenvalue weighted by Gasteiger charge is 2.40. The molecule has 1 aromatic rings. The number of piperidine rings is 1. The predicted octanol–water partition coefficient (Wildman–Crippen LogP) is 2.93. The molecule has 1 aromatic heterocycles. The molecular weight excluding hydrogens is 345 g/mol. The lowest BCUT2D eigenvalue weighted by Crippen LogP contribution is -2.49. The highest BCUT2D eigenvalue weighted by molar-refractivity contribution is 7.89. The number of aliphatic carboxylic acids is 1. The van der Waals surface area contributed by atoms with Gasteiger partial charge in [-0.1, -0.05) is 30.1 Å². The molecule has 0 aliphatic carbocycles. The number of carboxylic acid groups (broad SMARTS) is 1. The Hall–Kier alpha value is -0.340. The number of halogens is 2. The number of hydrogen-bond acceptors (Lipinski definition) is 4. The smallest absolute Gasteiger partial charge is 0.322 e. The second-order valence-corrected chi connectivity index (χ2v) is 8.93. The van der Waals surface area contributed by atoms with Gasteiger partial charge in [-0.2, -0.15) is 4.31 Å². The fraction of sp³-hybridized carbons (Fsp3) is 0.545. The van der Waals surface area contributed by atoms with Gasteiger partial charge in [-0.25, -0.2) is 8.42 Å². The minimum absolute atomic E-state index is 0.0535. The second-order valence-electron chi connectivity index (χ2n) is 4.79. The van der Waals surface area contributed by atoms with Crippen LogP contribution in [-0.4, -0.2) is 36.4 Å². The maximum absolute atomic E-state index is 12.6. The molecule has 2 heterocycles. The van der Waals surface area contributed by atoms with Crippen LogP contribution in [-0.2, 0) is 14.8 Å². The van der Waals surface area contributed by atoms with E-state index in [0.717, 1.165) is 15.6 Å². The SMILES string of the molecule is CC1CCN(S(=O)(=O)c2cc(Cl)sc2Cl)C(C(=O)O)C1. The molecule has 0 bridgehead atoms. The molecule has 0 radical (unpaired) electrons. The quantitative estimate of drug-likeness (QED) is 0.902. The molecule has 1 fully saturated rings. The molecule has 112 valence electrons. The molecule has 2 rings (SSSR count). The van der Waals surface area contributed by atoms with Crippen molar-refractivity contribution in [2.45, 2.75) is 30.7 Å². The van der Waals surface area contributed by atoms with Crippen molar-refractivity contribution in [2.24, 2.45) is 5.92 Å². The van der Waals surface area contributed by atoms with Crippen LogP contribution >= 0.6 is 34.5 Å². The summed E-state index contributed by atoms with van der Waals surface area (Å²) in [5.74, 6) is -0.971. The molecule has 1 N–H and O–H groups in total. The Bertz CT molecular complexity index is 628. The summed E-state index contributed by atoms with van der Waals surface area (Å²) in [6.45, 7) is 2.08. The number of rotatable bonds is 3. The van der Waals surface area contributed by atoms with E-state index in [0.29, 0.717) is 12.8 Å². The van der Waals surface area contributed by atoms with Crippen LogP contribution in [0.25, 0.3) is 0 Å². The van der Waals surface area contributed by atoms with E-state index in [9.17, 15) is 18.3 Å². The number of thiophene rings is 1. The Balaban J connectivity index is 2.42. The van der Waals surface area contributed by atoms with Crippen LogP contribution in [0.1, 0.15) is 19.8 Å². The van der Waals surface area contributed by atoms with Crippen LogP contribution in [0.4, 0.5) is 0 Å². The molecule has 1 saturated heterocycles. The lowest BCUT2D eigenvalue weighted by Gasteiger charge is -2.34. The first-order valence-electron chi connectivity index (χ1n) is 5.93.